The van der Waals surface area contributed by atoms with Crippen LogP contribution in [0.3, 0.4) is 0 Å². The topological polar surface area (TPSA) is 78.0 Å². The molecular weight excluding hydrogens is 402 g/mol. The molecular formula is C22H42ClN5O2. The first kappa shape index (κ1) is 30.5. The second kappa shape index (κ2) is 19.3. The van der Waals surface area contributed by atoms with Gasteiger partial charge in [-0.05, 0) is 45.5 Å². The SMILES string of the molecule is C=CC(=C)C(NC(C)/C(=N\NC)C(=O)NC1CCN(C)CC1)OC.C=CCCl.CC. The number of halogens is 1. The Morgan fingerprint density at radius 1 is 1.33 bits per heavy atom. The number of carbonyl (C=O) groups is 1. The van der Waals surface area contributed by atoms with Crippen LogP contribution >= 0.6 is 11.6 Å². The van der Waals surface area contributed by atoms with Crippen molar-refractivity contribution >= 4 is 23.2 Å². The molecule has 0 saturated carbocycles. The fourth-order valence-electron chi connectivity index (χ4n) is 2.62. The first-order valence-electron chi connectivity index (χ1n) is 10.3. The summed E-state index contributed by atoms with van der Waals surface area (Å²) >= 11 is 5.07. The minimum absolute atomic E-state index is 0.169. The molecule has 0 aromatic heterocycles. The largest absolute Gasteiger partial charge is 0.362 e. The molecule has 2 unspecified atom stereocenters. The van der Waals surface area contributed by atoms with Crippen molar-refractivity contribution in [2.24, 2.45) is 5.10 Å². The highest BCUT2D eigenvalue weighted by atomic mass is 35.5. The van der Waals surface area contributed by atoms with Gasteiger partial charge in [0.25, 0.3) is 5.91 Å². The molecule has 1 aliphatic heterocycles. The van der Waals surface area contributed by atoms with Crippen molar-refractivity contribution in [3.05, 3.63) is 37.5 Å². The van der Waals surface area contributed by atoms with E-state index in [1.165, 1.54) is 0 Å². The molecule has 174 valence electrons. The summed E-state index contributed by atoms with van der Waals surface area (Å²) in [5.74, 6) is 0.387. The molecule has 1 rings (SSSR count). The van der Waals surface area contributed by atoms with Crippen LogP contribution in [0.25, 0.3) is 0 Å². The van der Waals surface area contributed by atoms with Gasteiger partial charge in [0.15, 0.2) is 0 Å². The molecule has 0 aliphatic carbocycles. The zero-order chi connectivity index (χ0) is 23.5. The van der Waals surface area contributed by atoms with Gasteiger partial charge in [0.1, 0.15) is 11.9 Å². The van der Waals surface area contributed by atoms with Crippen LogP contribution in [0.15, 0.2) is 42.6 Å². The number of likely N-dealkylation sites (tertiary alicyclic amines) is 1. The number of hydrogen-bond donors (Lipinski definition) is 3. The highest BCUT2D eigenvalue weighted by molar-refractivity contribution is 6.40. The molecule has 0 aromatic rings. The maximum atomic E-state index is 12.6. The van der Waals surface area contributed by atoms with E-state index in [-0.39, 0.29) is 18.0 Å². The van der Waals surface area contributed by atoms with Gasteiger partial charge in [-0.15, -0.1) is 18.2 Å². The molecule has 30 heavy (non-hydrogen) atoms. The smallest absolute Gasteiger partial charge is 0.269 e. The first-order chi connectivity index (χ1) is 14.3. The van der Waals surface area contributed by atoms with Gasteiger partial charge in [0.05, 0.1) is 6.04 Å². The second-order valence-corrected chi connectivity index (χ2v) is 6.81. The fraction of sp³-hybridized carbons (Fsp3) is 0.636. The lowest BCUT2D eigenvalue weighted by Gasteiger charge is -2.30. The van der Waals surface area contributed by atoms with Crippen molar-refractivity contribution in [1.29, 1.82) is 0 Å². The van der Waals surface area contributed by atoms with Gasteiger partial charge in [0, 0.05) is 26.1 Å². The van der Waals surface area contributed by atoms with E-state index in [2.05, 4.69) is 52.8 Å². The van der Waals surface area contributed by atoms with Crippen molar-refractivity contribution in [2.45, 2.75) is 51.9 Å². The summed E-state index contributed by atoms with van der Waals surface area (Å²) in [6, 6.07) is -0.130. The van der Waals surface area contributed by atoms with Gasteiger partial charge in [-0.1, -0.05) is 39.2 Å². The van der Waals surface area contributed by atoms with Crippen molar-refractivity contribution in [3.63, 3.8) is 0 Å². The molecule has 1 fully saturated rings. The fourth-order valence-corrected chi connectivity index (χ4v) is 2.62. The van der Waals surface area contributed by atoms with E-state index in [9.17, 15) is 4.79 Å². The minimum atomic E-state index is -0.421. The average Bonchev–Trinajstić information content (AvgIpc) is 2.78. The number of nitrogens with one attached hydrogen (secondary N) is 3. The molecule has 3 N–H and O–H groups in total. The van der Waals surface area contributed by atoms with E-state index in [0.717, 1.165) is 25.9 Å². The maximum Gasteiger partial charge on any atom is 0.269 e. The maximum absolute atomic E-state index is 12.6. The molecule has 0 aromatic carbocycles. The highest BCUT2D eigenvalue weighted by Gasteiger charge is 2.26. The quantitative estimate of drug-likeness (QED) is 0.121. The van der Waals surface area contributed by atoms with E-state index < -0.39 is 6.23 Å². The normalized spacial score (nSPS) is 16.6. The van der Waals surface area contributed by atoms with E-state index >= 15 is 0 Å². The van der Waals surface area contributed by atoms with Gasteiger partial charge in [0.2, 0.25) is 0 Å². The zero-order valence-corrected chi connectivity index (χ0v) is 20.4. The third kappa shape index (κ3) is 12.8. The molecule has 0 bridgehead atoms. The van der Waals surface area contributed by atoms with Crippen molar-refractivity contribution in [3.8, 4) is 0 Å². The minimum Gasteiger partial charge on any atom is -0.362 e. The average molecular weight is 444 g/mol. The summed E-state index contributed by atoms with van der Waals surface area (Å²) in [6.45, 7) is 18.8. The van der Waals surface area contributed by atoms with E-state index in [1.54, 1.807) is 26.3 Å². The summed E-state index contributed by atoms with van der Waals surface area (Å²) in [5, 5.41) is 10.4. The number of allylic oxidation sites excluding steroid dienone is 1. The Balaban J connectivity index is 0. The second-order valence-electron chi connectivity index (χ2n) is 6.50. The van der Waals surface area contributed by atoms with Gasteiger partial charge >= 0.3 is 0 Å². The summed E-state index contributed by atoms with van der Waals surface area (Å²) < 4.78 is 5.35. The molecule has 1 heterocycles. The Morgan fingerprint density at radius 2 is 1.87 bits per heavy atom. The van der Waals surface area contributed by atoms with Crippen molar-refractivity contribution < 1.29 is 9.53 Å². The van der Waals surface area contributed by atoms with Crippen molar-refractivity contribution in [1.82, 2.24) is 21.0 Å². The summed E-state index contributed by atoms with van der Waals surface area (Å²) in [4.78, 5) is 14.9. The molecule has 0 spiro atoms. The summed E-state index contributed by atoms with van der Waals surface area (Å²) in [7, 11) is 5.34. The number of amides is 1. The Hall–Kier alpha value is -1.67. The standard InChI is InChI=1S/C17H31N5O2.C3H5Cl.C2H6/c1-7-12(2)17(24-6)19-13(3)15(21-18-4)16(23)20-14-8-10-22(5)11-9-14;1-2-3-4;1-2/h7,13-14,17-19H,1-2,8-11H2,3-6H3,(H,20,23);2H,1,3H2;1-2H3/b21-15+;;. The Morgan fingerprint density at radius 3 is 2.27 bits per heavy atom. The lowest BCUT2D eigenvalue weighted by atomic mass is 10.0. The molecule has 0 radical (unpaired) electrons. The number of ether oxygens (including phenoxy) is 1. The van der Waals surface area contributed by atoms with Crippen LogP contribution in [0.1, 0.15) is 33.6 Å². The Bertz CT molecular complexity index is 532. The van der Waals surface area contributed by atoms with Crippen LogP contribution in [-0.4, -0.2) is 75.0 Å². The van der Waals surface area contributed by atoms with Gasteiger partial charge in [-0.2, -0.15) is 5.10 Å². The predicted molar refractivity (Wildman–Crippen MR) is 130 cm³/mol. The molecule has 2 atom stereocenters. The number of hydrogen-bond acceptors (Lipinski definition) is 6. The third-order valence-electron chi connectivity index (χ3n) is 4.27. The lowest BCUT2D eigenvalue weighted by Crippen LogP contribution is -2.52. The van der Waals surface area contributed by atoms with Crippen LogP contribution in [0.4, 0.5) is 0 Å². The Labute approximate surface area is 188 Å². The van der Waals surface area contributed by atoms with Gasteiger partial charge < -0.3 is 20.4 Å². The highest BCUT2D eigenvalue weighted by Crippen LogP contribution is 2.09. The zero-order valence-electron chi connectivity index (χ0n) is 19.6. The predicted octanol–water partition coefficient (Wildman–Crippen LogP) is 2.90. The molecule has 1 saturated heterocycles. The molecule has 8 heteroatoms. The number of alkyl halides is 1. The summed E-state index contributed by atoms with van der Waals surface area (Å²) in [5.41, 5.74) is 3.79. The number of rotatable bonds is 10. The van der Waals surface area contributed by atoms with Crippen LogP contribution in [-0.2, 0) is 9.53 Å². The third-order valence-corrected chi connectivity index (χ3v) is 4.49. The van der Waals surface area contributed by atoms with Crippen LogP contribution < -0.4 is 16.1 Å². The van der Waals surface area contributed by atoms with Crippen molar-refractivity contribution in [2.75, 3.05) is 40.2 Å². The lowest BCUT2D eigenvalue weighted by molar-refractivity contribution is -0.116. The molecule has 1 aliphatic rings. The molecule has 1 amide bonds. The van der Waals surface area contributed by atoms with E-state index in [1.807, 2.05) is 20.8 Å². The van der Waals surface area contributed by atoms with Gasteiger partial charge in [-0.3, -0.25) is 10.1 Å². The molecule has 7 nitrogen and oxygen atoms in total. The Kier molecular flexibility index (Phi) is 19.6. The number of piperidine rings is 1. The number of nitrogens with zero attached hydrogens (tertiary/aromatic N) is 2. The number of carbonyl (C=O) groups excluding carboxylic acids is 1. The van der Waals surface area contributed by atoms with E-state index in [0.29, 0.717) is 17.2 Å². The van der Waals surface area contributed by atoms with Crippen LogP contribution in [0.5, 0.6) is 0 Å². The van der Waals surface area contributed by atoms with E-state index in [4.69, 9.17) is 16.3 Å². The number of methoxy groups -OCH3 is 1. The summed E-state index contributed by atoms with van der Waals surface area (Å²) in [6.07, 6.45) is 4.74. The number of hydrazone groups is 1. The monoisotopic (exact) mass is 443 g/mol. The van der Waals surface area contributed by atoms with Crippen LogP contribution in [0, 0.1) is 0 Å². The van der Waals surface area contributed by atoms with Gasteiger partial charge in [-0.25, -0.2) is 0 Å². The van der Waals surface area contributed by atoms with Crippen LogP contribution in [0.2, 0.25) is 0 Å². The first-order valence-corrected chi connectivity index (χ1v) is 10.9.